The van der Waals surface area contributed by atoms with Crippen molar-refractivity contribution in [2.24, 2.45) is 0 Å². The molecule has 2 unspecified atom stereocenters. The smallest absolute Gasteiger partial charge is 0.150 e. The molecule has 0 aliphatic carbocycles. The summed E-state index contributed by atoms with van der Waals surface area (Å²) in [4.78, 5) is 6.75. The fourth-order valence-electron chi connectivity index (χ4n) is 2.97. The van der Waals surface area contributed by atoms with Crippen LogP contribution in [0.25, 0.3) is 0 Å². The van der Waals surface area contributed by atoms with Crippen molar-refractivity contribution in [3.8, 4) is 0 Å². The maximum absolute atomic E-state index is 6.14. The number of aromatic nitrogens is 1. The van der Waals surface area contributed by atoms with Crippen molar-refractivity contribution in [3.63, 3.8) is 0 Å². The summed E-state index contributed by atoms with van der Waals surface area (Å²) in [6.45, 7) is 2.37. The number of nitrogens with one attached hydrogen (secondary N) is 1. The zero-order chi connectivity index (χ0) is 12.7. The molecule has 2 atom stereocenters. The van der Waals surface area contributed by atoms with E-state index in [0.717, 1.165) is 13.0 Å². The van der Waals surface area contributed by atoms with E-state index in [2.05, 4.69) is 15.2 Å². The summed E-state index contributed by atoms with van der Waals surface area (Å²) in [5, 5.41) is 4.64. The van der Waals surface area contributed by atoms with Crippen LogP contribution in [-0.2, 0) is 0 Å². The summed E-state index contributed by atoms with van der Waals surface area (Å²) in [5.41, 5.74) is 0. The average Bonchev–Trinajstić information content (AvgIpc) is 2.90. The Hall–Kier alpha value is -0.220. The van der Waals surface area contributed by atoms with Crippen molar-refractivity contribution in [1.82, 2.24) is 9.88 Å². The lowest BCUT2D eigenvalue weighted by Gasteiger charge is -2.22. The summed E-state index contributed by atoms with van der Waals surface area (Å²) in [5.74, 6) is 0.643. The van der Waals surface area contributed by atoms with Crippen LogP contribution in [-0.4, -0.2) is 35.1 Å². The topological polar surface area (TPSA) is 28.2 Å². The Kier molecular flexibility index (Phi) is 3.59. The van der Waals surface area contributed by atoms with Crippen molar-refractivity contribution < 1.29 is 0 Å². The van der Waals surface area contributed by atoms with E-state index < -0.39 is 0 Å². The first-order chi connectivity index (χ1) is 8.65. The number of halogens is 3. The molecule has 6 heteroatoms. The number of fused-ring (bicyclic) bond motifs is 1. The molecule has 1 aromatic heterocycles. The summed E-state index contributed by atoms with van der Waals surface area (Å²) in [6.07, 6.45) is 3.66. The van der Waals surface area contributed by atoms with Gasteiger partial charge in [-0.05, 0) is 31.9 Å². The molecule has 98 valence electrons. The van der Waals surface area contributed by atoms with Gasteiger partial charge in [-0.1, -0.05) is 34.8 Å². The van der Waals surface area contributed by atoms with Crippen LogP contribution < -0.4 is 5.32 Å². The fourth-order valence-corrected chi connectivity index (χ4v) is 3.52. The van der Waals surface area contributed by atoms with E-state index in [1.807, 2.05) is 0 Å². The minimum absolute atomic E-state index is 0.296. The highest BCUT2D eigenvalue weighted by Crippen LogP contribution is 2.33. The highest BCUT2D eigenvalue weighted by Gasteiger charge is 2.37. The van der Waals surface area contributed by atoms with E-state index in [1.165, 1.54) is 19.4 Å². The van der Waals surface area contributed by atoms with Crippen molar-refractivity contribution in [3.05, 3.63) is 21.3 Å². The van der Waals surface area contributed by atoms with Gasteiger partial charge in [0.05, 0.1) is 10.0 Å². The molecule has 1 aromatic rings. The van der Waals surface area contributed by atoms with Crippen molar-refractivity contribution in [2.75, 3.05) is 18.4 Å². The monoisotopic (exact) mass is 305 g/mol. The SMILES string of the molecule is Clc1cc(Cl)c(NC2CCN3CCCC23)nc1Cl. The Labute approximate surface area is 121 Å². The molecule has 0 bridgehead atoms. The van der Waals surface area contributed by atoms with Crippen LogP contribution in [0, 0.1) is 0 Å². The molecule has 2 aliphatic heterocycles. The molecule has 2 aliphatic rings. The van der Waals surface area contributed by atoms with Gasteiger partial charge in [0.15, 0.2) is 0 Å². The first-order valence-corrected chi connectivity index (χ1v) is 7.30. The second kappa shape index (κ2) is 5.04. The minimum atomic E-state index is 0.296. The van der Waals surface area contributed by atoms with Crippen molar-refractivity contribution in [2.45, 2.75) is 31.3 Å². The molecule has 3 nitrogen and oxygen atoms in total. The molecule has 0 saturated carbocycles. The predicted octanol–water partition coefficient (Wildman–Crippen LogP) is 3.69. The van der Waals surface area contributed by atoms with Crippen LogP contribution in [0.5, 0.6) is 0 Å². The normalized spacial score (nSPS) is 27.5. The molecule has 0 spiro atoms. The zero-order valence-corrected chi connectivity index (χ0v) is 12.1. The van der Waals surface area contributed by atoms with E-state index in [0.29, 0.717) is 33.1 Å². The summed E-state index contributed by atoms with van der Waals surface area (Å²) in [6, 6.07) is 2.66. The number of anilines is 1. The number of pyridine rings is 1. The van der Waals surface area contributed by atoms with Gasteiger partial charge in [-0.25, -0.2) is 4.98 Å². The standard InChI is InChI=1S/C12H14Cl3N3/c13-7-6-8(14)12(17-11(7)15)16-9-3-5-18-4-1-2-10(9)18/h6,9-10H,1-5H2,(H,16,17). The van der Waals surface area contributed by atoms with Crippen molar-refractivity contribution in [1.29, 1.82) is 0 Å². The van der Waals surface area contributed by atoms with E-state index in [1.54, 1.807) is 6.07 Å². The van der Waals surface area contributed by atoms with Crippen LogP contribution in [0.15, 0.2) is 6.07 Å². The van der Waals surface area contributed by atoms with Gasteiger partial charge < -0.3 is 5.32 Å². The highest BCUT2D eigenvalue weighted by atomic mass is 35.5. The average molecular weight is 307 g/mol. The third-order valence-corrected chi connectivity index (χ3v) is 4.78. The van der Waals surface area contributed by atoms with Gasteiger partial charge in [0.2, 0.25) is 0 Å². The second-order valence-electron chi connectivity index (χ2n) is 4.88. The van der Waals surface area contributed by atoms with E-state index in [4.69, 9.17) is 34.8 Å². The molecular formula is C12H14Cl3N3. The predicted molar refractivity (Wildman–Crippen MR) is 75.9 cm³/mol. The Morgan fingerprint density at radius 1 is 1.17 bits per heavy atom. The minimum Gasteiger partial charge on any atom is -0.364 e. The molecule has 3 heterocycles. The quantitative estimate of drug-likeness (QED) is 0.845. The molecule has 18 heavy (non-hydrogen) atoms. The van der Waals surface area contributed by atoms with Gasteiger partial charge in [-0.2, -0.15) is 0 Å². The molecule has 3 rings (SSSR count). The van der Waals surface area contributed by atoms with Gasteiger partial charge in [0.1, 0.15) is 11.0 Å². The lowest BCUT2D eigenvalue weighted by atomic mass is 10.1. The maximum Gasteiger partial charge on any atom is 0.150 e. The molecule has 1 N–H and O–H groups in total. The van der Waals surface area contributed by atoms with Gasteiger partial charge in [-0.3, -0.25) is 4.90 Å². The van der Waals surface area contributed by atoms with Crippen LogP contribution in [0.2, 0.25) is 15.2 Å². The first-order valence-electron chi connectivity index (χ1n) is 6.17. The summed E-state index contributed by atoms with van der Waals surface area (Å²) in [7, 11) is 0. The number of rotatable bonds is 2. The fraction of sp³-hybridized carbons (Fsp3) is 0.583. The number of nitrogens with zero attached hydrogens (tertiary/aromatic N) is 2. The molecule has 2 fully saturated rings. The molecule has 2 saturated heterocycles. The zero-order valence-electron chi connectivity index (χ0n) is 9.80. The molecule has 0 amide bonds. The Morgan fingerprint density at radius 2 is 2.00 bits per heavy atom. The van der Waals surface area contributed by atoms with Crippen molar-refractivity contribution >= 4 is 40.6 Å². The second-order valence-corrected chi connectivity index (χ2v) is 6.05. The largest absolute Gasteiger partial charge is 0.364 e. The lowest BCUT2D eigenvalue weighted by Crippen LogP contribution is -2.34. The Balaban J connectivity index is 1.78. The molecular weight excluding hydrogens is 293 g/mol. The van der Waals surface area contributed by atoms with Crippen LogP contribution in [0.4, 0.5) is 5.82 Å². The van der Waals surface area contributed by atoms with E-state index in [9.17, 15) is 0 Å². The Bertz CT molecular complexity index is 466. The van der Waals surface area contributed by atoms with Gasteiger partial charge in [0.25, 0.3) is 0 Å². The van der Waals surface area contributed by atoms with E-state index in [-0.39, 0.29) is 0 Å². The third kappa shape index (κ3) is 2.29. The third-order valence-electron chi connectivity index (χ3n) is 3.81. The maximum atomic E-state index is 6.14. The number of hydrogen-bond acceptors (Lipinski definition) is 3. The Morgan fingerprint density at radius 3 is 2.83 bits per heavy atom. The number of hydrogen-bond donors (Lipinski definition) is 1. The lowest BCUT2D eigenvalue weighted by molar-refractivity contribution is 0.318. The first kappa shape index (κ1) is 12.8. The van der Waals surface area contributed by atoms with E-state index >= 15 is 0 Å². The van der Waals surface area contributed by atoms with Crippen LogP contribution >= 0.6 is 34.8 Å². The van der Waals surface area contributed by atoms with Crippen LogP contribution in [0.3, 0.4) is 0 Å². The molecule has 0 radical (unpaired) electrons. The van der Waals surface area contributed by atoms with Gasteiger partial charge in [-0.15, -0.1) is 0 Å². The van der Waals surface area contributed by atoms with Gasteiger partial charge >= 0.3 is 0 Å². The summed E-state index contributed by atoms with van der Waals surface area (Å²) >= 11 is 17.9. The molecule has 0 aromatic carbocycles. The highest BCUT2D eigenvalue weighted by molar-refractivity contribution is 6.42. The van der Waals surface area contributed by atoms with Crippen LogP contribution in [0.1, 0.15) is 19.3 Å². The van der Waals surface area contributed by atoms with Gasteiger partial charge in [0, 0.05) is 18.6 Å². The summed E-state index contributed by atoms with van der Waals surface area (Å²) < 4.78 is 0.